The van der Waals surface area contributed by atoms with Crippen LogP contribution in [-0.2, 0) is 24.3 Å². The van der Waals surface area contributed by atoms with E-state index in [1.165, 1.54) is 4.88 Å². The number of guanidine groups is 1. The second-order valence-corrected chi connectivity index (χ2v) is 7.66. The Hall–Kier alpha value is -2.06. The van der Waals surface area contributed by atoms with Crippen LogP contribution in [0.2, 0.25) is 0 Å². The van der Waals surface area contributed by atoms with E-state index in [1.807, 2.05) is 18.2 Å². The molecule has 0 radical (unpaired) electrons. The lowest BCUT2D eigenvalue weighted by atomic mass is 10.1. The smallest absolute Gasteiger partial charge is 0.367 e. The van der Waals surface area contributed by atoms with Gasteiger partial charge in [0.1, 0.15) is 6.61 Å². The maximum atomic E-state index is 12.2. The zero-order valence-electron chi connectivity index (χ0n) is 16.1. The van der Waals surface area contributed by atoms with Gasteiger partial charge in [-0.1, -0.05) is 37.3 Å². The Morgan fingerprint density at radius 1 is 1.18 bits per heavy atom. The maximum Gasteiger partial charge on any atom is 0.411 e. The molecule has 4 nitrogen and oxygen atoms in total. The monoisotopic (exact) mass is 413 g/mol. The van der Waals surface area contributed by atoms with E-state index < -0.39 is 12.8 Å². The zero-order valence-corrected chi connectivity index (χ0v) is 16.9. The molecule has 1 aromatic carbocycles. The Balaban J connectivity index is 1.75. The SMILES string of the molecule is CN=C(NCc1cccc(COCC(F)(F)F)c1)NCC(C)Cc1cccs1. The molecule has 1 atom stereocenters. The molecule has 0 saturated heterocycles. The van der Waals surface area contributed by atoms with Crippen molar-refractivity contribution in [3.63, 3.8) is 0 Å². The average molecular weight is 414 g/mol. The molecule has 0 aliphatic heterocycles. The number of rotatable bonds is 9. The van der Waals surface area contributed by atoms with Gasteiger partial charge in [0.05, 0.1) is 6.61 Å². The molecule has 154 valence electrons. The van der Waals surface area contributed by atoms with Crippen molar-refractivity contribution in [3.8, 4) is 0 Å². The fourth-order valence-corrected chi connectivity index (χ4v) is 3.51. The van der Waals surface area contributed by atoms with Gasteiger partial charge >= 0.3 is 6.18 Å². The summed E-state index contributed by atoms with van der Waals surface area (Å²) in [5.41, 5.74) is 1.65. The molecule has 1 unspecified atom stereocenters. The largest absolute Gasteiger partial charge is 0.411 e. The summed E-state index contributed by atoms with van der Waals surface area (Å²) in [6, 6.07) is 11.5. The number of aliphatic imine (C=N–C) groups is 1. The summed E-state index contributed by atoms with van der Waals surface area (Å²) in [6.45, 7) is 2.19. The number of nitrogens with one attached hydrogen (secondary N) is 2. The number of alkyl halides is 3. The lowest BCUT2D eigenvalue weighted by Gasteiger charge is -2.16. The van der Waals surface area contributed by atoms with Crippen molar-refractivity contribution in [2.24, 2.45) is 10.9 Å². The minimum atomic E-state index is -4.31. The van der Waals surface area contributed by atoms with Crippen LogP contribution in [0.15, 0.2) is 46.8 Å². The average Bonchev–Trinajstić information content (AvgIpc) is 3.14. The second kappa shape index (κ2) is 11.1. The van der Waals surface area contributed by atoms with Gasteiger partial charge in [-0.05, 0) is 34.9 Å². The van der Waals surface area contributed by atoms with Crippen LogP contribution in [0.4, 0.5) is 13.2 Å². The third-order valence-electron chi connectivity index (χ3n) is 3.96. The molecule has 8 heteroatoms. The lowest BCUT2D eigenvalue weighted by Crippen LogP contribution is -2.39. The molecule has 28 heavy (non-hydrogen) atoms. The highest BCUT2D eigenvalue weighted by atomic mass is 32.1. The van der Waals surface area contributed by atoms with Gasteiger partial charge in [-0.15, -0.1) is 11.3 Å². The highest BCUT2D eigenvalue weighted by molar-refractivity contribution is 7.09. The molecule has 0 saturated carbocycles. The molecule has 2 N–H and O–H groups in total. The zero-order chi connectivity index (χ0) is 20.4. The summed E-state index contributed by atoms with van der Waals surface area (Å²) in [7, 11) is 1.71. The number of ether oxygens (including phenoxy) is 1. The molecule has 0 bridgehead atoms. The Bertz CT molecular complexity index is 733. The van der Waals surface area contributed by atoms with Crippen molar-refractivity contribution in [2.45, 2.75) is 32.7 Å². The predicted molar refractivity (Wildman–Crippen MR) is 108 cm³/mol. The first-order chi connectivity index (χ1) is 13.4. The molecular formula is C20H26F3N3OS. The highest BCUT2D eigenvalue weighted by Crippen LogP contribution is 2.16. The van der Waals surface area contributed by atoms with Crippen molar-refractivity contribution >= 4 is 17.3 Å². The standard InChI is InChI=1S/C20H26F3N3OS/c1-15(9-18-7-4-8-28-18)11-25-19(24-2)26-12-16-5-3-6-17(10-16)13-27-14-20(21,22)23/h3-8,10,15H,9,11-14H2,1-2H3,(H2,24,25,26). The summed E-state index contributed by atoms with van der Waals surface area (Å²) < 4.78 is 41.2. The summed E-state index contributed by atoms with van der Waals surface area (Å²) in [6.07, 6.45) is -3.29. The summed E-state index contributed by atoms with van der Waals surface area (Å²) >= 11 is 1.76. The summed E-state index contributed by atoms with van der Waals surface area (Å²) in [5, 5.41) is 8.62. The topological polar surface area (TPSA) is 45.7 Å². The van der Waals surface area contributed by atoms with Crippen molar-refractivity contribution < 1.29 is 17.9 Å². The van der Waals surface area contributed by atoms with Crippen LogP contribution in [0, 0.1) is 5.92 Å². The fraction of sp³-hybridized carbons (Fsp3) is 0.450. The Labute approximate surface area is 167 Å². The molecule has 0 spiro atoms. The van der Waals surface area contributed by atoms with Gasteiger partial charge in [-0.3, -0.25) is 4.99 Å². The third-order valence-corrected chi connectivity index (χ3v) is 4.86. The molecule has 0 aliphatic carbocycles. The Kier molecular flexibility index (Phi) is 8.79. The van der Waals surface area contributed by atoms with Crippen LogP contribution in [0.5, 0.6) is 0 Å². The number of halogens is 3. The number of hydrogen-bond donors (Lipinski definition) is 2. The van der Waals surface area contributed by atoms with Crippen LogP contribution in [0.25, 0.3) is 0 Å². The first kappa shape index (κ1) is 22.2. The van der Waals surface area contributed by atoms with Gasteiger partial charge in [0.15, 0.2) is 5.96 Å². The van der Waals surface area contributed by atoms with Crippen molar-refractivity contribution in [1.29, 1.82) is 0 Å². The van der Waals surface area contributed by atoms with Gasteiger partial charge in [-0.2, -0.15) is 13.2 Å². The first-order valence-corrected chi connectivity index (χ1v) is 9.93. The minimum Gasteiger partial charge on any atom is -0.367 e. The molecule has 1 heterocycles. The lowest BCUT2D eigenvalue weighted by molar-refractivity contribution is -0.176. The number of thiophene rings is 1. The van der Waals surface area contributed by atoms with Gasteiger partial charge in [0, 0.05) is 25.0 Å². The fourth-order valence-electron chi connectivity index (χ4n) is 2.64. The minimum absolute atomic E-state index is 0.0689. The molecule has 2 rings (SSSR count). The van der Waals surface area contributed by atoms with Crippen molar-refractivity contribution in [1.82, 2.24) is 10.6 Å². The van der Waals surface area contributed by atoms with E-state index in [1.54, 1.807) is 24.5 Å². The predicted octanol–water partition coefficient (Wildman–Crippen LogP) is 4.37. The third kappa shape index (κ3) is 8.75. The van der Waals surface area contributed by atoms with E-state index in [9.17, 15) is 13.2 Å². The normalized spacial score (nSPS) is 13.4. The van der Waals surface area contributed by atoms with E-state index in [-0.39, 0.29) is 6.61 Å². The van der Waals surface area contributed by atoms with Gasteiger partial charge in [0.25, 0.3) is 0 Å². The van der Waals surface area contributed by atoms with E-state index in [4.69, 9.17) is 4.74 Å². The van der Waals surface area contributed by atoms with Gasteiger partial charge in [-0.25, -0.2) is 0 Å². The van der Waals surface area contributed by atoms with E-state index >= 15 is 0 Å². The maximum absolute atomic E-state index is 12.2. The van der Waals surface area contributed by atoms with Gasteiger partial charge < -0.3 is 15.4 Å². The van der Waals surface area contributed by atoms with E-state index in [0.717, 1.165) is 18.5 Å². The molecule has 0 fully saturated rings. The van der Waals surface area contributed by atoms with Crippen LogP contribution >= 0.6 is 11.3 Å². The summed E-state index contributed by atoms with van der Waals surface area (Å²) in [5.74, 6) is 1.16. The Morgan fingerprint density at radius 3 is 2.64 bits per heavy atom. The molecule has 1 aromatic heterocycles. The Morgan fingerprint density at radius 2 is 1.96 bits per heavy atom. The molecule has 0 aliphatic rings. The van der Waals surface area contributed by atoms with E-state index in [2.05, 4.69) is 40.1 Å². The first-order valence-electron chi connectivity index (χ1n) is 9.05. The second-order valence-electron chi connectivity index (χ2n) is 6.62. The van der Waals surface area contributed by atoms with Crippen LogP contribution in [0.3, 0.4) is 0 Å². The number of hydrogen-bond acceptors (Lipinski definition) is 3. The quantitative estimate of drug-likeness (QED) is 0.474. The molecule has 2 aromatic rings. The van der Waals surface area contributed by atoms with E-state index in [0.29, 0.717) is 24.0 Å². The molecule has 0 amide bonds. The molecular weight excluding hydrogens is 387 g/mol. The summed E-state index contributed by atoms with van der Waals surface area (Å²) in [4.78, 5) is 5.58. The van der Waals surface area contributed by atoms with Crippen LogP contribution in [0.1, 0.15) is 22.9 Å². The van der Waals surface area contributed by atoms with Crippen LogP contribution < -0.4 is 10.6 Å². The van der Waals surface area contributed by atoms with Crippen molar-refractivity contribution in [3.05, 3.63) is 57.8 Å². The highest BCUT2D eigenvalue weighted by Gasteiger charge is 2.27. The number of benzene rings is 1. The number of nitrogens with zero attached hydrogens (tertiary/aromatic N) is 1. The van der Waals surface area contributed by atoms with Crippen molar-refractivity contribution in [2.75, 3.05) is 20.2 Å². The van der Waals surface area contributed by atoms with Gasteiger partial charge in [0.2, 0.25) is 0 Å². The van der Waals surface area contributed by atoms with Crippen LogP contribution in [-0.4, -0.2) is 32.3 Å².